The number of thioether (sulfide) groups is 1. The van der Waals surface area contributed by atoms with Crippen molar-refractivity contribution in [1.82, 2.24) is 5.32 Å². The van der Waals surface area contributed by atoms with Crippen LogP contribution >= 0.6 is 11.8 Å². The number of rotatable bonds is 2. The summed E-state index contributed by atoms with van der Waals surface area (Å²) in [7, 11) is 0. The Labute approximate surface area is 105 Å². The van der Waals surface area contributed by atoms with Crippen LogP contribution in [-0.4, -0.2) is 12.3 Å². The molecule has 1 aromatic carbocycles. The smallest absolute Gasteiger partial charge is 0.128 e. The summed E-state index contributed by atoms with van der Waals surface area (Å²) in [5, 5.41) is 3.28. The third-order valence-electron chi connectivity index (χ3n) is 3.18. The van der Waals surface area contributed by atoms with E-state index in [9.17, 15) is 8.78 Å². The summed E-state index contributed by atoms with van der Waals surface area (Å²) < 4.78 is 27.7. The fourth-order valence-corrected chi connectivity index (χ4v) is 3.52. The third kappa shape index (κ3) is 2.47. The van der Waals surface area contributed by atoms with Gasteiger partial charge in [-0.2, -0.15) is 11.8 Å². The standard InChI is InChI=1S/C13H17F2NS/c1-3-16-13-8(2)6-17-7-9-10(14)4-5-11(15)12(9)13/h4-5,8,13,16H,3,6-7H2,1-2H3. The van der Waals surface area contributed by atoms with E-state index in [0.717, 1.165) is 12.3 Å². The van der Waals surface area contributed by atoms with Crippen LogP contribution in [0.5, 0.6) is 0 Å². The average Bonchev–Trinajstić information content (AvgIpc) is 2.46. The summed E-state index contributed by atoms with van der Waals surface area (Å²) in [4.78, 5) is 0. The van der Waals surface area contributed by atoms with Crippen LogP contribution < -0.4 is 5.32 Å². The maximum Gasteiger partial charge on any atom is 0.128 e. The summed E-state index contributed by atoms with van der Waals surface area (Å²) in [6, 6.07) is 2.38. The zero-order valence-corrected chi connectivity index (χ0v) is 10.9. The molecule has 1 nitrogen and oxygen atoms in total. The van der Waals surface area contributed by atoms with Crippen LogP contribution in [0.2, 0.25) is 0 Å². The topological polar surface area (TPSA) is 12.0 Å². The molecule has 2 unspecified atom stereocenters. The zero-order valence-electron chi connectivity index (χ0n) is 10.1. The van der Waals surface area contributed by atoms with Crippen LogP contribution in [0.3, 0.4) is 0 Å². The Morgan fingerprint density at radius 2 is 2.06 bits per heavy atom. The quantitative estimate of drug-likeness (QED) is 0.870. The molecule has 17 heavy (non-hydrogen) atoms. The highest BCUT2D eigenvalue weighted by molar-refractivity contribution is 7.98. The molecule has 94 valence electrons. The second-order valence-electron chi connectivity index (χ2n) is 4.45. The van der Waals surface area contributed by atoms with Crippen LogP contribution in [0.1, 0.15) is 31.0 Å². The van der Waals surface area contributed by atoms with Gasteiger partial charge in [-0.15, -0.1) is 0 Å². The fraction of sp³-hybridized carbons (Fsp3) is 0.538. The predicted molar refractivity (Wildman–Crippen MR) is 68.1 cm³/mol. The monoisotopic (exact) mass is 257 g/mol. The van der Waals surface area contributed by atoms with E-state index >= 15 is 0 Å². The first-order chi connectivity index (χ1) is 8.15. The van der Waals surface area contributed by atoms with E-state index < -0.39 is 0 Å². The number of nitrogens with one attached hydrogen (secondary N) is 1. The maximum absolute atomic E-state index is 14.0. The van der Waals surface area contributed by atoms with Gasteiger partial charge in [0.25, 0.3) is 0 Å². The molecule has 2 atom stereocenters. The van der Waals surface area contributed by atoms with Gasteiger partial charge in [-0.1, -0.05) is 13.8 Å². The molecule has 1 aliphatic rings. The fourth-order valence-electron chi connectivity index (χ4n) is 2.34. The van der Waals surface area contributed by atoms with Gasteiger partial charge in [0.05, 0.1) is 0 Å². The lowest BCUT2D eigenvalue weighted by Gasteiger charge is -2.24. The Morgan fingerprint density at radius 3 is 2.76 bits per heavy atom. The van der Waals surface area contributed by atoms with Crippen LogP contribution in [0.4, 0.5) is 8.78 Å². The Kier molecular flexibility index (Phi) is 4.05. The number of halogens is 2. The van der Waals surface area contributed by atoms with E-state index in [-0.39, 0.29) is 17.7 Å². The molecule has 1 aliphatic heterocycles. The zero-order chi connectivity index (χ0) is 12.4. The minimum atomic E-state index is -0.290. The van der Waals surface area contributed by atoms with E-state index in [1.165, 1.54) is 12.1 Å². The molecule has 0 amide bonds. The Bertz CT molecular complexity index is 409. The summed E-state index contributed by atoms with van der Waals surface area (Å²) in [6.45, 7) is 4.83. The molecule has 0 bridgehead atoms. The Hall–Kier alpha value is -0.610. The molecular formula is C13H17F2NS. The minimum absolute atomic E-state index is 0.0827. The van der Waals surface area contributed by atoms with Crippen LogP contribution in [0.15, 0.2) is 12.1 Å². The van der Waals surface area contributed by atoms with E-state index in [1.807, 2.05) is 6.92 Å². The maximum atomic E-state index is 14.0. The largest absolute Gasteiger partial charge is 0.310 e. The van der Waals surface area contributed by atoms with Gasteiger partial charge in [0.15, 0.2) is 0 Å². The van der Waals surface area contributed by atoms with Gasteiger partial charge in [0.1, 0.15) is 11.6 Å². The normalized spacial score (nSPS) is 24.2. The Balaban J connectivity index is 2.51. The van der Waals surface area contributed by atoms with Crippen molar-refractivity contribution in [3.8, 4) is 0 Å². The molecule has 0 spiro atoms. The summed E-state index contributed by atoms with van der Waals surface area (Å²) >= 11 is 1.67. The third-order valence-corrected chi connectivity index (χ3v) is 4.43. The van der Waals surface area contributed by atoms with Crippen molar-refractivity contribution >= 4 is 11.8 Å². The summed E-state index contributed by atoms with van der Waals surface area (Å²) in [5.41, 5.74) is 1.06. The highest BCUT2D eigenvalue weighted by Crippen LogP contribution is 2.36. The van der Waals surface area contributed by atoms with Gasteiger partial charge in [0, 0.05) is 22.9 Å². The second-order valence-corrected chi connectivity index (χ2v) is 5.48. The molecule has 0 radical (unpaired) electrons. The SMILES string of the molecule is CCNC1c2c(F)ccc(F)c2CSCC1C. The second kappa shape index (κ2) is 5.36. The molecule has 4 heteroatoms. The van der Waals surface area contributed by atoms with Gasteiger partial charge in [-0.3, -0.25) is 0 Å². The van der Waals surface area contributed by atoms with Gasteiger partial charge in [-0.25, -0.2) is 8.78 Å². The molecule has 1 aromatic rings. The molecule has 1 heterocycles. The number of hydrogen-bond acceptors (Lipinski definition) is 2. The molecule has 0 fully saturated rings. The first-order valence-corrected chi connectivity index (χ1v) is 7.08. The van der Waals surface area contributed by atoms with Crippen molar-refractivity contribution in [2.24, 2.45) is 5.92 Å². The van der Waals surface area contributed by atoms with Gasteiger partial charge >= 0.3 is 0 Å². The lowest BCUT2D eigenvalue weighted by Crippen LogP contribution is -2.28. The Morgan fingerprint density at radius 1 is 1.35 bits per heavy atom. The first kappa shape index (κ1) is 12.8. The average molecular weight is 257 g/mol. The molecular weight excluding hydrogens is 240 g/mol. The molecule has 1 N–H and O–H groups in total. The number of benzene rings is 1. The van der Waals surface area contributed by atoms with Crippen molar-refractivity contribution in [3.05, 3.63) is 34.9 Å². The highest BCUT2D eigenvalue weighted by atomic mass is 32.2. The van der Waals surface area contributed by atoms with Crippen molar-refractivity contribution in [1.29, 1.82) is 0 Å². The lowest BCUT2D eigenvalue weighted by molar-refractivity contribution is 0.408. The van der Waals surface area contributed by atoms with Crippen molar-refractivity contribution < 1.29 is 8.78 Å². The molecule has 2 rings (SSSR count). The van der Waals surface area contributed by atoms with Gasteiger partial charge in [0.2, 0.25) is 0 Å². The van der Waals surface area contributed by atoms with Crippen molar-refractivity contribution in [3.63, 3.8) is 0 Å². The summed E-state index contributed by atoms with van der Waals surface area (Å²) in [5.74, 6) is 1.21. The van der Waals surface area contributed by atoms with Crippen molar-refractivity contribution in [2.75, 3.05) is 12.3 Å². The lowest BCUT2D eigenvalue weighted by atomic mass is 9.92. The molecule has 0 aliphatic carbocycles. The van der Waals surface area contributed by atoms with E-state index in [0.29, 0.717) is 22.8 Å². The van der Waals surface area contributed by atoms with E-state index in [4.69, 9.17) is 0 Å². The molecule has 0 aromatic heterocycles. The predicted octanol–water partition coefficient (Wildman–Crippen LogP) is 3.50. The minimum Gasteiger partial charge on any atom is -0.310 e. The van der Waals surface area contributed by atoms with Crippen molar-refractivity contribution in [2.45, 2.75) is 25.6 Å². The van der Waals surface area contributed by atoms with Crippen LogP contribution in [-0.2, 0) is 5.75 Å². The van der Waals surface area contributed by atoms with E-state index in [2.05, 4.69) is 12.2 Å². The van der Waals surface area contributed by atoms with Gasteiger partial charge < -0.3 is 5.32 Å². The van der Waals surface area contributed by atoms with Gasteiger partial charge in [-0.05, 0) is 30.3 Å². The molecule has 0 saturated carbocycles. The number of hydrogen-bond donors (Lipinski definition) is 1. The number of fused-ring (bicyclic) bond motifs is 1. The van der Waals surface area contributed by atoms with Crippen LogP contribution in [0, 0.1) is 17.6 Å². The van der Waals surface area contributed by atoms with Crippen LogP contribution in [0.25, 0.3) is 0 Å². The summed E-state index contributed by atoms with van der Waals surface area (Å²) in [6.07, 6.45) is 0. The first-order valence-electron chi connectivity index (χ1n) is 5.93. The van der Waals surface area contributed by atoms with E-state index in [1.54, 1.807) is 11.8 Å². The highest BCUT2D eigenvalue weighted by Gasteiger charge is 2.28. The molecule has 0 saturated heterocycles.